The molecule has 2 aromatic heterocycles. The summed E-state index contributed by atoms with van der Waals surface area (Å²) in [6, 6.07) is 13.6. The summed E-state index contributed by atoms with van der Waals surface area (Å²) in [7, 11) is 0. The van der Waals surface area contributed by atoms with Gasteiger partial charge >= 0.3 is 0 Å². The highest BCUT2D eigenvalue weighted by molar-refractivity contribution is 5.93. The molecule has 0 saturated carbocycles. The monoisotopic (exact) mass is 393 g/mol. The normalized spacial score (nSPS) is 15.9. The standard InChI is InChI=1S/C23H27N3O3/c1-16-6-9-18(10-7-16)22-14-19(25-29-22)23(27)24-15-20(21-11-8-17(2)28-21)26-12-4-3-5-13-26/h6-11,14,20H,3-5,12-13,15H2,1-2H3,(H,24,27). The first kappa shape index (κ1) is 19.5. The molecule has 1 atom stereocenters. The van der Waals surface area contributed by atoms with Crippen molar-refractivity contribution in [3.8, 4) is 11.3 Å². The average Bonchev–Trinajstić information content (AvgIpc) is 3.39. The number of carbonyl (C=O) groups excluding carboxylic acids is 1. The van der Waals surface area contributed by atoms with Gasteiger partial charge in [0.05, 0.1) is 6.04 Å². The molecule has 1 aromatic carbocycles. The predicted octanol–water partition coefficient (Wildman–Crippen LogP) is 4.51. The minimum absolute atomic E-state index is 0.0245. The molecule has 3 aromatic rings. The van der Waals surface area contributed by atoms with E-state index in [1.807, 2.05) is 50.2 Å². The molecule has 1 fully saturated rings. The molecule has 3 heterocycles. The van der Waals surface area contributed by atoms with E-state index in [1.165, 1.54) is 24.8 Å². The van der Waals surface area contributed by atoms with Crippen molar-refractivity contribution in [1.82, 2.24) is 15.4 Å². The number of hydrogen-bond donors (Lipinski definition) is 1. The number of benzene rings is 1. The number of nitrogens with zero attached hydrogens (tertiary/aromatic N) is 2. The van der Waals surface area contributed by atoms with Gasteiger partial charge < -0.3 is 14.3 Å². The molecular formula is C23H27N3O3. The Bertz CT molecular complexity index is 952. The number of rotatable bonds is 6. The van der Waals surface area contributed by atoms with Crippen LogP contribution in [0.15, 0.2) is 51.4 Å². The van der Waals surface area contributed by atoms with Gasteiger partial charge in [0.1, 0.15) is 11.5 Å². The van der Waals surface area contributed by atoms with Gasteiger partial charge in [-0.1, -0.05) is 41.4 Å². The van der Waals surface area contributed by atoms with Crippen LogP contribution in [0.25, 0.3) is 11.3 Å². The average molecular weight is 393 g/mol. The molecule has 1 saturated heterocycles. The van der Waals surface area contributed by atoms with Crippen LogP contribution in [0, 0.1) is 13.8 Å². The van der Waals surface area contributed by atoms with Crippen LogP contribution < -0.4 is 5.32 Å². The van der Waals surface area contributed by atoms with Crippen LogP contribution >= 0.6 is 0 Å². The molecule has 6 nitrogen and oxygen atoms in total. The molecule has 0 spiro atoms. The first-order valence-corrected chi connectivity index (χ1v) is 10.2. The highest BCUT2D eigenvalue weighted by atomic mass is 16.5. The molecule has 0 radical (unpaired) electrons. The lowest BCUT2D eigenvalue weighted by Crippen LogP contribution is -2.40. The molecule has 1 N–H and O–H groups in total. The fourth-order valence-corrected chi connectivity index (χ4v) is 3.79. The summed E-state index contributed by atoms with van der Waals surface area (Å²) in [5.74, 6) is 2.12. The Kier molecular flexibility index (Phi) is 5.81. The number of amides is 1. The van der Waals surface area contributed by atoms with Crippen LogP contribution in [0.4, 0.5) is 0 Å². The minimum Gasteiger partial charge on any atom is -0.465 e. The van der Waals surface area contributed by atoms with Gasteiger partial charge in [-0.05, 0) is 51.9 Å². The Labute approximate surface area is 170 Å². The molecule has 4 rings (SSSR count). The Balaban J connectivity index is 1.44. The molecule has 6 heteroatoms. The van der Waals surface area contributed by atoms with E-state index in [-0.39, 0.29) is 17.6 Å². The molecule has 0 aliphatic carbocycles. The fourth-order valence-electron chi connectivity index (χ4n) is 3.79. The number of piperidine rings is 1. The third-order valence-electron chi connectivity index (χ3n) is 5.46. The number of nitrogens with one attached hydrogen (secondary N) is 1. The molecule has 1 amide bonds. The summed E-state index contributed by atoms with van der Waals surface area (Å²) >= 11 is 0. The van der Waals surface area contributed by atoms with Crippen LogP contribution in [0.2, 0.25) is 0 Å². The molecule has 29 heavy (non-hydrogen) atoms. The Morgan fingerprint density at radius 1 is 1.10 bits per heavy atom. The van der Waals surface area contributed by atoms with Crippen molar-refractivity contribution >= 4 is 5.91 Å². The van der Waals surface area contributed by atoms with Crippen molar-refractivity contribution in [2.75, 3.05) is 19.6 Å². The van der Waals surface area contributed by atoms with Gasteiger partial charge in [-0.15, -0.1) is 0 Å². The number of hydrogen-bond acceptors (Lipinski definition) is 5. The Morgan fingerprint density at radius 2 is 1.86 bits per heavy atom. The first-order chi connectivity index (χ1) is 14.1. The van der Waals surface area contributed by atoms with E-state index in [9.17, 15) is 4.79 Å². The van der Waals surface area contributed by atoms with Crippen LogP contribution in [0.5, 0.6) is 0 Å². The zero-order chi connectivity index (χ0) is 20.2. The lowest BCUT2D eigenvalue weighted by atomic mass is 10.1. The second-order valence-corrected chi connectivity index (χ2v) is 7.71. The van der Waals surface area contributed by atoms with Gasteiger partial charge in [-0.25, -0.2) is 0 Å². The maximum Gasteiger partial charge on any atom is 0.273 e. The van der Waals surface area contributed by atoms with E-state index in [4.69, 9.17) is 8.94 Å². The van der Waals surface area contributed by atoms with E-state index >= 15 is 0 Å². The van der Waals surface area contributed by atoms with E-state index in [1.54, 1.807) is 6.07 Å². The van der Waals surface area contributed by atoms with Crippen LogP contribution in [0.1, 0.15) is 52.9 Å². The largest absolute Gasteiger partial charge is 0.465 e. The zero-order valence-electron chi connectivity index (χ0n) is 17.0. The SMILES string of the molecule is Cc1ccc(-c2cc(C(=O)NCC(c3ccc(C)o3)N3CCCCC3)no2)cc1. The number of aryl methyl sites for hydroxylation is 2. The Morgan fingerprint density at radius 3 is 2.55 bits per heavy atom. The van der Waals surface area contributed by atoms with Gasteiger partial charge in [0.15, 0.2) is 11.5 Å². The molecule has 1 unspecified atom stereocenters. The van der Waals surface area contributed by atoms with Crippen molar-refractivity contribution in [1.29, 1.82) is 0 Å². The molecule has 152 valence electrons. The van der Waals surface area contributed by atoms with E-state index < -0.39 is 0 Å². The summed E-state index contributed by atoms with van der Waals surface area (Å²) in [5, 5.41) is 6.97. The van der Waals surface area contributed by atoms with Crippen molar-refractivity contribution in [3.63, 3.8) is 0 Å². The summed E-state index contributed by atoms with van der Waals surface area (Å²) in [6.45, 7) is 6.47. The van der Waals surface area contributed by atoms with Crippen molar-refractivity contribution in [3.05, 3.63) is 65.2 Å². The predicted molar refractivity (Wildman–Crippen MR) is 111 cm³/mol. The number of carbonyl (C=O) groups is 1. The molecule has 1 aliphatic heterocycles. The van der Waals surface area contributed by atoms with Crippen molar-refractivity contribution < 1.29 is 13.7 Å². The maximum absolute atomic E-state index is 12.7. The zero-order valence-corrected chi connectivity index (χ0v) is 17.0. The van der Waals surface area contributed by atoms with Crippen LogP contribution in [-0.4, -0.2) is 35.6 Å². The number of furan rings is 1. The lowest BCUT2D eigenvalue weighted by molar-refractivity contribution is 0.0905. The Hall–Kier alpha value is -2.86. The topological polar surface area (TPSA) is 71.5 Å². The summed E-state index contributed by atoms with van der Waals surface area (Å²) in [6.07, 6.45) is 3.61. The molecule has 1 aliphatic rings. The summed E-state index contributed by atoms with van der Waals surface area (Å²) in [4.78, 5) is 15.1. The van der Waals surface area contributed by atoms with E-state index in [2.05, 4.69) is 15.4 Å². The highest BCUT2D eigenvalue weighted by Gasteiger charge is 2.26. The smallest absolute Gasteiger partial charge is 0.273 e. The summed E-state index contributed by atoms with van der Waals surface area (Å²) < 4.78 is 11.3. The second kappa shape index (κ2) is 8.66. The van der Waals surface area contributed by atoms with Gasteiger partial charge in [-0.2, -0.15) is 0 Å². The third-order valence-corrected chi connectivity index (χ3v) is 5.46. The highest BCUT2D eigenvalue weighted by Crippen LogP contribution is 2.26. The van der Waals surface area contributed by atoms with Crippen LogP contribution in [-0.2, 0) is 0 Å². The maximum atomic E-state index is 12.7. The fraction of sp³-hybridized carbons (Fsp3) is 0.391. The van der Waals surface area contributed by atoms with Gasteiger partial charge in [0.25, 0.3) is 5.91 Å². The van der Waals surface area contributed by atoms with E-state index in [0.717, 1.165) is 30.2 Å². The number of likely N-dealkylation sites (tertiary alicyclic amines) is 1. The third kappa shape index (κ3) is 4.59. The van der Waals surface area contributed by atoms with E-state index in [0.29, 0.717) is 12.3 Å². The van der Waals surface area contributed by atoms with Gasteiger partial charge in [-0.3, -0.25) is 9.69 Å². The number of aromatic nitrogens is 1. The molecular weight excluding hydrogens is 366 g/mol. The van der Waals surface area contributed by atoms with Crippen molar-refractivity contribution in [2.45, 2.75) is 39.2 Å². The van der Waals surface area contributed by atoms with Gasteiger partial charge in [0.2, 0.25) is 0 Å². The minimum atomic E-state index is -0.239. The first-order valence-electron chi connectivity index (χ1n) is 10.2. The van der Waals surface area contributed by atoms with Crippen LogP contribution in [0.3, 0.4) is 0 Å². The lowest BCUT2D eigenvalue weighted by Gasteiger charge is -2.33. The second-order valence-electron chi connectivity index (χ2n) is 7.71. The van der Waals surface area contributed by atoms with Gasteiger partial charge in [0, 0.05) is 18.2 Å². The summed E-state index contributed by atoms with van der Waals surface area (Å²) in [5.41, 5.74) is 2.36. The molecule has 0 bridgehead atoms. The quantitative estimate of drug-likeness (QED) is 0.667. The van der Waals surface area contributed by atoms with Crippen molar-refractivity contribution in [2.24, 2.45) is 0 Å².